The molecule has 1 fully saturated rings. The molecule has 2 nitrogen and oxygen atoms in total. The molecule has 0 N–H and O–H groups in total. The van der Waals surface area contributed by atoms with Crippen LogP contribution in [0.5, 0.6) is 0 Å². The second kappa shape index (κ2) is 4.28. The highest BCUT2D eigenvalue weighted by atomic mass is 16.1. The Bertz CT molecular complexity index is 646. The predicted molar refractivity (Wildman–Crippen MR) is 81.7 cm³/mol. The lowest BCUT2D eigenvalue weighted by molar-refractivity contribution is -0.125. The van der Waals surface area contributed by atoms with Gasteiger partial charge in [-0.25, -0.2) is 0 Å². The summed E-state index contributed by atoms with van der Waals surface area (Å²) in [5.41, 5.74) is 5.17. The Kier molecular flexibility index (Phi) is 2.70. The fourth-order valence-electron chi connectivity index (χ4n) is 5.16. The van der Waals surface area contributed by atoms with Crippen LogP contribution in [0.2, 0.25) is 0 Å². The van der Waals surface area contributed by atoms with Crippen molar-refractivity contribution in [2.24, 2.45) is 17.3 Å². The van der Waals surface area contributed by atoms with Crippen molar-refractivity contribution in [2.75, 3.05) is 0 Å². The van der Waals surface area contributed by atoms with Crippen LogP contribution in [0, 0.1) is 17.3 Å². The van der Waals surface area contributed by atoms with Gasteiger partial charge in [-0.3, -0.25) is 9.59 Å². The van der Waals surface area contributed by atoms with Gasteiger partial charge in [0.1, 0.15) is 5.78 Å². The van der Waals surface area contributed by atoms with Crippen molar-refractivity contribution in [2.45, 2.75) is 52.4 Å². The highest BCUT2D eigenvalue weighted by molar-refractivity contribution is 5.93. The zero-order valence-electron chi connectivity index (χ0n) is 12.9. The summed E-state index contributed by atoms with van der Waals surface area (Å²) in [5, 5.41) is 0. The molecule has 2 heteroatoms. The molecule has 21 heavy (non-hydrogen) atoms. The number of fused-ring (bicyclic) bond motifs is 4. The quantitative estimate of drug-likeness (QED) is 0.674. The van der Waals surface area contributed by atoms with Crippen LogP contribution < -0.4 is 0 Å². The number of carbonyl (C=O) groups excluding carboxylic acids is 2. The van der Waals surface area contributed by atoms with Gasteiger partial charge in [0, 0.05) is 12.8 Å². The lowest BCUT2D eigenvalue weighted by atomic mass is 9.58. The number of ketones is 2. The molecule has 3 atom stereocenters. The van der Waals surface area contributed by atoms with E-state index < -0.39 is 0 Å². The van der Waals surface area contributed by atoms with Crippen molar-refractivity contribution in [1.29, 1.82) is 0 Å². The van der Waals surface area contributed by atoms with Gasteiger partial charge in [0.05, 0.1) is 5.41 Å². The van der Waals surface area contributed by atoms with Crippen molar-refractivity contribution in [3.05, 3.63) is 34.4 Å². The van der Waals surface area contributed by atoms with E-state index in [1.165, 1.54) is 22.3 Å². The number of Topliss-reactive ketones (excluding diaryl/α,β-unsaturated/α-hetero) is 1. The smallest absolute Gasteiger partial charge is 0.156 e. The topological polar surface area (TPSA) is 34.1 Å². The molecule has 4 aliphatic carbocycles. The van der Waals surface area contributed by atoms with Gasteiger partial charge in [0.25, 0.3) is 0 Å². The summed E-state index contributed by atoms with van der Waals surface area (Å²) >= 11 is 0. The van der Waals surface area contributed by atoms with Crippen molar-refractivity contribution in [3.63, 3.8) is 0 Å². The predicted octanol–water partition coefficient (Wildman–Crippen LogP) is 3.93. The lowest BCUT2D eigenvalue weighted by Gasteiger charge is -2.45. The summed E-state index contributed by atoms with van der Waals surface area (Å²) in [6.07, 6.45) is 9.63. The average molecular weight is 282 g/mol. The fraction of sp³-hybridized carbons (Fsp3) is 0.579. The molecule has 0 bridgehead atoms. The molecule has 0 unspecified atom stereocenters. The Labute approximate surface area is 126 Å². The summed E-state index contributed by atoms with van der Waals surface area (Å²) in [6.45, 7) is 4.29. The van der Waals surface area contributed by atoms with Crippen LogP contribution in [0.1, 0.15) is 52.4 Å². The Balaban J connectivity index is 1.89. The molecule has 0 saturated heterocycles. The second-order valence-corrected chi connectivity index (χ2v) is 7.31. The third-order valence-corrected chi connectivity index (χ3v) is 6.50. The number of carbonyl (C=O) groups is 2. The first kappa shape index (κ1) is 13.2. The zero-order valence-corrected chi connectivity index (χ0v) is 12.9. The van der Waals surface area contributed by atoms with E-state index in [-0.39, 0.29) is 11.2 Å². The van der Waals surface area contributed by atoms with Crippen molar-refractivity contribution < 1.29 is 9.59 Å². The standard InChI is InChI=1S/C19H22O2/c1-11-9-16-14-6-4-13(20)10-12(14)3-5-15(16)17-7-8-18(21)19(11,17)2/h9-10,15,17H,3-8H2,1-2H3/t15-,17+,19+/m1/s1. The minimum atomic E-state index is -0.222. The molecule has 0 radical (unpaired) electrons. The van der Waals surface area contributed by atoms with E-state index in [2.05, 4.69) is 19.9 Å². The van der Waals surface area contributed by atoms with Crippen LogP contribution in [0.25, 0.3) is 0 Å². The Morgan fingerprint density at radius 3 is 2.67 bits per heavy atom. The molecule has 0 amide bonds. The van der Waals surface area contributed by atoms with Gasteiger partial charge >= 0.3 is 0 Å². The van der Waals surface area contributed by atoms with Gasteiger partial charge in [-0.05, 0) is 74.2 Å². The van der Waals surface area contributed by atoms with Gasteiger partial charge in [-0.2, -0.15) is 0 Å². The van der Waals surface area contributed by atoms with Gasteiger partial charge < -0.3 is 0 Å². The summed E-state index contributed by atoms with van der Waals surface area (Å²) in [6, 6.07) is 0. The summed E-state index contributed by atoms with van der Waals surface area (Å²) < 4.78 is 0. The van der Waals surface area contributed by atoms with Crippen LogP contribution in [0.4, 0.5) is 0 Å². The van der Waals surface area contributed by atoms with Crippen molar-refractivity contribution >= 4 is 11.6 Å². The normalized spacial score (nSPS) is 38.6. The van der Waals surface area contributed by atoms with E-state index in [4.69, 9.17) is 0 Å². The number of hydrogen-bond acceptors (Lipinski definition) is 2. The van der Waals surface area contributed by atoms with Crippen molar-refractivity contribution in [3.8, 4) is 0 Å². The third kappa shape index (κ3) is 1.65. The minimum absolute atomic E-state index is 0.222. The molecule has 0 aromatic heterocycles. The van der Waals surface area contributed by atoms with Crippen LogP contribution in [-0.2, 0) is 9.59 Å². The number of allylic oxidation sites excluding steroid dienone is 6. The molecule has 110 valence electrons. The maximum atomic E-state index is 12.4. The zero-order chi connectivity index (χ0) is 14.8. The molecular formula is C19H22O2. The molecular weight excluding hydrogens is 260 g/mol. The summed E-state index contributed by atoms with van der Waals surface area (Å²) in [5.74, 6) is 1.73. The van der Waals surface area contributed by atoms with E-state index in [9.17, 15) is 9.59 Å². The van der Waals surface area contributed by atoms with Gasteiger partial charge in [0.15, 0.2) is 5.78 Å². The monoisotopic (exact) mass is 282 g/mol. The molecule has 4 rings (SSSR count). The second-order valence-electron chi connectivity index (χ2n) is 7.31. The molecule has 0 heterocycles. The molecule has 0 aliphatic heterocycles. The molecule has 0 spiro atoms. The first-order chi connectivity index (χ1) is 10.0. The maximum absolute atomic E-state index is 12.4. The Morgan fingerprint density at radius 1 is 1.05 bits per heavy atom. The van der Waals surface area contributed by atoms with Crippen LogP contribution in [0.15, 0.2) is 34.4 Å². The van der Waals surface area contributed by atoms with E-state index >= 15 is 0 Å². The van der Waals surface area contributed by atoms with E-state index in [1.807, 2.05) is 6.08 Å². The van der Waals surface area contributed by atoms with E-state index in [1.54, 1.807) is 0 Å². The third-order valence-electron chi connectivity index (χ3n) is 6.50. The number of rotatable bonds is 0. The summed E-state index contributed by atoms with van der Waals surface area (Å²) in [7, 11) is 0. The Hall–Kier alpha value is -1.44. The average Bonchev–Trinajstić information content (AvgIpc) is 2.77. The maximum Gasteiger partial charge on any atom is 0.156 e. The molecule has 0 aromatic carbocycles. The molecule has 0 aromatic rings. The fourth-order valence-corrected chi connectivity index (χ4v) is 5.16. The number of hydrogen-bond donors (Lipinski definition) is 0. The minimum Gasteiger partial charge on any atom is -0.299 e. The van der Waals surface area contributed by atoms with E-state index in [0.29, 0.717) is 24.0 Å². The first-order valence-corrected chi connectivity index (χ1v) is 8.20. The van der Waals surface area contributed by atoms with Gasteiger partial charge in [0.2, 0.25) is 0 Å². The van der Waals surface area contributed by atoms with Crippen LogP contribution in [0.3, 0.4) is 0 Å². The van der Waals surface area contributed by atoms with Gasteiger partial charge in [-0.1, -0.05) is 11.6 Å². The van der Waals surface area contributed by atoms with Crippen LogP contribution >= 0.6 is 0 Å². The Morgan fingerprint density at radius 2 is 1.86 bits per heavy atom. The first-order valence-electron chi connectivity index (χ1n) is 8.20. The van der Waals surface area contributed by atoms with Gasteiger partial charge in [-0.15, -0.1) is 0 Å². The highest BCUT2D eigenvalue weighted by Crippen LogP contribution is 2.58. The molecule has 1 saturated carbocycles. The highest BCUT2D eigenvalue weighted by Gasteiger charge is 2.53. The van der Waals surface area contributed by atoms with E-state index in [0.717, 1.165) is 32.1 Å². The summed E-state index contributed by atoms with van der Waals surface area (Å²) in [4.78, 5) is 24.1. The van der Waals surface area contributed by atoms with Crippen molar-refractivity contribution in [1.82, 2.24) is 0 Å². The lowest BCUT2D eigenvalue weighted by Crippen LogP contribution is -2.40. The SMILES string of the molecule is CC1=CC2=C3CCC(=O)C=C3CC[C@H]2[C@@H]2CCC(=O)[C@@]12C. The molecule has 4 aliphatic rings. The van der Waals surface area contributed by atoms with Crippen LogP contribution in [-0.4, -0.2) is 11.6 Å². The largest absolute Gasteiger partial charge is 0.299 e.